The molecule has 0 aromatic heterocycles. The van der Waals surface area contributed by atoms with E-state index in [4.69, 9.17) is 23.2 Å². The third kappa shape index (κ3) is 7.03. The Hall–Kier alpha value is -3.60. The van der Waals surface area contributed by atoms with E-state index in [1.165, 1.54) is 30.3 Å². The average molecular weight is 582 g/mol. The Labute approximate surface area is 226 Å². The molecule has 7 nitrogen and oxygen atoms in total. The number of carbonyl (C=O) groups excluding carboxylic acids is 2. The summed E-state index contributed by atoms with van der Waals surface area (Å²) in [4.78, 5) is 37.2. The van der Waals surface area contributed by atoms with Crippen LogP contribution in [0.1, 0.15) is 31.8 Å². The maximum Gasteiger partial charge on any atom is 0.326 e. The fourth-order valence-corrected chi connectivity index (χ4v) is 4.78. The van der Waals surface area contributed by atoms with Gasteiger partial charge in [0.15, 0.2) is 15.6 Å². The van der Waals surface area contributed by atoms with Gasteiger partial charge in [-0.05, 0) is 54.1 Å². The van der Waals surface area contributed by atoms with Crippen LogP contribution in [0.15, 0.2) is 65.6 Å². The fourth-order valence-electron chi connectivity index (χ4n) is 3.43. The van der Waals surface area contributed by atoms with E-state index in [-0.39, 0.29) is 32.5 Å². The largest absolute Gasteiger partial charge is 0.480 e. The second kappa shape index (κ2) is 11.8. The molecule has 0 bridgehead atoms. The van der Waals surface area contributed by atoms with Gasteiger partial charge in [-0.1, -0.05) is 41.4 Å². The van der Waals surface area contributed by atoms with Crippen molar-refractivity contribution in [2.75, 3.05) is 6.26 Å². The van der Waals surface area contributed by atoms with Gasteiger partial charge in [-0.25, -0.2) is 22.0 Å². The average Bonchev–Trinajstić information content (AvgIpc) is 2.82. The monoisotopic (exact) mass is 581 g/mol. The molecule has 3 rings (SSSR count). The van der Waals surface area contributed by atoms with E-state index in [0.29, 0.717) is 5.56 Å². The molecule has 0 unspecified atom stereocenters. The van der Waals surface area contributed by atoms with Crippen LogP contribution in [0.3, 0.4) is 0 Å². The Balaban J connectivity index is 1.81. The van der Waals surface area contributed by atoms with Crippen LogP contribution < -0.4 is 5.32 Å². The number of carbonyl (C=O) groups is 3. The van der Waals surface area contributed by atoms with Crippen molar-refractivity contribution in [3.63, 3.8) is 0 Å². The zero-order chi connectivity index (χ0) is 28.2. The summed E-state index contributed by atoms with van der Waals surface area (Å²) in [5.41, 5.74) is -0.463. The molecule has 3 aromatic rings. The van der Waals surface area contributed by atoms with Crippen molar-refractivity contribution in [1.82, 2.24) is 5.32 Å². The molecule has 1 amide bonds. The molecule has 2 N–H and O–H groups in total. The summed E-state index contributed by atoms with van der Waals surface area (Å²) in [5, 5.41) is 11.3. The summed E-state index contributed by atoms with van der Waals surface area (Å²) in [6, 6.07) is 9.61. The second-order valence-corrected chi connectivity index (χ2v) is 11.0. The lowest BCUT2D eigenvalue weighted by Crippen LogP contribution is -2.42. The Kier molecular flexibility index (Phi) is 9.03. The molecule has 0 aliphatic rings. The Morgan fingerprint density at radius 2 is 1.58 bits per heavy atom. The number of hydrogen-bond donors (Lipinski definition) is 2. The van der Waals surface area contributed by atoms with Crippen molar-refractivity contribution in [1.29, 1.82) is 0 Å². The quantitative estimate of drug-likeness (QED) is 0.271. The number of carboxylic acid groups (broad SMARTS) is 1. The van der Waals surface area contributed by atoms with Crippen molar-refractivity contribution in [3.05, 3.63) is 105 Å². The van der Waals surface area contributed by atoms with Gasteiger partial charge in [0.05, 0.1) is 20.5 Å². The van der Waals surface area contributed by atoms with Crippen molar-refractivity contribution < 1.29 is 36.7 Å². The van der Waals surface area contributed by atoms with Gasteiger partial charge in [0, 0.05) is 23.8 Å². The lowest BCUT2D eigenvalue weighted by molar-refractivity contribution is -0.139. The summed E-state index contributed by atoms with van der Waals surface area (Å²) in [5.74, 6) is -4.79. The van der Waals surface area contributed by atoms with Crippen molar-refractivity contribution in [2.45, 2.75) is 17.4 Å². The highest BCUT2D eigenvalue weighted by atomic mass is 35.5. The molecule has 0 heterocycles. The van der Waals surface area contributed by atoms with Crippen molar-refractivity contribution >= 4 is 56.8 Å². The van der Waals surface area contributed by atoms with Crippen LogP contribution >= 0.6 is 23.2 Å². The molecule has 0 aliphatic carbocycles. The van der Waals surface area contributed by atoms with Gasteiger partial charge in [-0.15, -0.1) is 0 Å². The first-order chi connectivity index (χ1) is 17.8. The number of hydrogen-bond acceptors (Lipinski definition) is 5. The van der Waals surface area contributed by atoms with Gasteiger partial charge in [-0.2, -0.15) is 0 Å². The topological polar surface area (TPSA) is 118 Å². The van der Waals surface area contributed by atoms with Gasteiger partial charge in [-0.3, -0.25) is 9.59 Å². The molecule has 0 fully saturated rings. The number of sulfone groups is 1. The highest BCUT2D eigenvalue weighted by molar-refractivity contribution is 7.90. The molecular formula is C26H19Cl2F2NO6S. The van der Waals surface area contributed by atoms with Crippen LogP contribution in [0.5, 0.6) is 0 Å². The summed E-state index contributed by atoms with van der Waals surface area (Å²) in [6.07, 6.45) is 2.63. The third-order valence-corrected chi connectivity index (χ3v) is 7.03. The first kappa shape index (κ1) is 29.0. The normalized spacial score (nSPS) is 12.3. The number of nitrogens with one attached hydrogen (secondary N) is 1. The standard InChI is InChI=1S/C26H19Cl2F2NO6S/c1-38(36,37)16-5-2-4-14(10-16)11-22(26(34)35)31-25(33)24-18(27)12-15(13-19(24)28)23(32)9-8-17-20(29)6-3-7-21(17)30/h2-10,12-13,22H,11H2,1H3,(H,31,33)(H,34,35)/b9-8+/t22-/m0/s1. The molecule has 12 heteroatoms. The molecule has 0 saturated heterocycles. The number of aliphatic carboxylic acids is 1. The Morgan fingerprint density at radius 3 is 2.13 bits per heavy atom. The summed E-state index contributed by atoms with van der Waals surface area (Å²) >= 11 is 12.4. The molecule has 0 saturated carbocycles. The maximum absolute atomic E-state index is 13.8. The van der Waals surface area contributed by atoms with Gasteiger partial charge >= 0.3 is 5.97 Å². The SMILES string of the molecule is CS(=O)(=O)c1cccc(C[C@H](NC(=O)c2c(Cl)cc(C(=O)/C=C/c3c(F)cccc3F)cc2Cl)C(=O)O)c1. The number of benzene rings is 3. The van der Waals surface area contributed by atoms with Gasteiger partial charge in [0.2, 0.25) is 0 Å². The third-order valence-electron chi connectivity index (χ3n) is 5.32. The predicted octanol–water partition coefficient (Wildman–Crippen LogP) is 5.00. The van der Waals surface area contributed by atoms with Gasteiger partial charge in [0.1, 0.15) is 17.7 Å². The van der Waals surface area contributed by atoms with Crippen LogP contribution in [0.25, 0.3) is 6.08 Å². The molecule has 0 radical (unpaired) electrons. The van der Waals surface area contributed by atoms with Crippen LogP contribution in [0.4, 0.5) is 8.78 Å². The Bertz CT molecular complexity index is 1530. The van der Waals surface area contributed by atoms with E-state index < -0.39 is 50.7 Å². The molecule has 3 aromatic carbocycles. The minimum absolute atomic E-state index is 0.0106. The van der Waals surface area contributed by atoms with E-state index in [0.717, 1.165) is 42.7 Å². The molecule has 1 atom stereocenters. The number of halogens is 4. The number of carboxylic acids is 1. The summed E-state index contributed by atoms with van der Waals surface area (Å²) < 4.78 is 51.1. The van der Waals surface area contributed by atoms with E-state index in [1.54, 1.807) is 0 Å². The van der Waals surface area contributed by atoms with Gasteiger partial charge < -0.3 is 10.4 Å². The minimum atomic E-state index is -3.53. The van der Waals surface area contributed by atoms with E-state index in [9.17, 15) is 36.7 Å². The summed E-state index contributed by atoms with van der Waals surface area (Å²) in [6.45, 7) is 0. The van der Waals surface area contributed by atoms with E-state index in [2.05, 4.69) is 5.32 Å². The first-order valence-electron chi connectivity index (χ1n) is 10.8. The highest BCUT2D eigenvalue weighted by Crippen LogP contribution is 2.28. The first-order valence-corrected chi connectivity index (χ1v) is 13.4. The van der Waals surface area contributed by atoms with Crippen LogP contribution in [0, 0.1) is 11.6 Å². The minimum Gasteiger partial charge on any atom is -0.480 e. The maximum atomic E-state index is 13.8. The lowest BCUT2D eigenvalue weighted by Gasteiger charge is -2.16. The molecule has 0 spiro atoms. The molecular weight excluding hydrogens is 563 g/mol. The zero-order valence-corrected chi connectivity index (χ0v) is 21.9. The van der Waals surface area contributed by atoms with Crippen LogP contribution in [-0.4, -0.2) is 43.5 Å². The second-order valence-electron chi connectivity index (χ2n) is 8.14. The molecule has 0 aliphatic heterocycles. The van der Waals surface area contributed by atoms with Crippen molar-refractivity contribution in [3.8, 4) is 0 Å². The van der Waals surface area contributed by atoms with Crippen molar-refractivity contribution in [2.24, 2.45) is 0 Å². The lowest BCUT2D eigenvalue weighted by atomic mass is 10.0. The van der Waals surface area contributed by atoms with E-state index in [1.807, 2.05) is 0 Å². The number of allylic oxidation sites excluding steroid dienone is 1. The smallest absolute Gasteiger partial charge is 0.326 e. The fraction of sp³-hybridized carbons (Fsp3) is 0.115. The zero-order valence-electron chi connectivity index (χ0n) is 19.5. The number of amides is 1. The Morgan fingerprint density at radius 1 is 1.00 bits per heavy atom. The number of rotatable bonds is 9. The van der Waals surface area contributed by atoms with Crippen LogP contribution in [-0.2, 0) is 21.1 Å². The van der Waals surface area contributed by atoms with Gasteiger partial charge in [0.25, 0.3) is 5.91 Å². The summed E-state index contributed by atoms with van der Waals surface area (Å²) in [7, 11) is -3.53. The molecule has 38 heavy (non-hydrogen) atoms. The highest BCUT2D eigenvalue weighted by Gasteiger charge is 2.25. The van der Waals surface area contributed by atoms with E-state index >= 15 is 0 Å². The predicted molar refractivity (Wildman–Crippen MR) is 138 cm³/mol. The number of ketones is 1. The van der Waals surface area contributed by atoms with Crippen LogP contribution in [0.2, 0.25) is 10.0 Å². The molecule has 198 valence electrons.